The molecule has 0 bridgehead atoms. The molecule has 0 radical (unpaired) electrons. The van der Waals surface area contributed by atoms with Crippen molar-refractivity contribution in [2.75, 3.05) is 0 Å². The zero-order valence-electron chi connectivity index (χ0n) is 3.64. The molecule has 0 fully saturated rings. The van der Waals surface area contributed by atoms with Crippen molar-refractivity contribution in [3.63, 3.8) is 0 Å². The van der Waals surface area contributed by atoms with Crippen LogP contribution in [0.4, 0.5) is 0 Å². The van der Waals surface area contributed by atoms with Crippen molar-refractivity contribution in [1.82, 2.24) is 0 Å². The second-order valence-electron chi connectivity index (χ2n) is 0. The van der Waals surface area contributed by atoms with Crippen LogP contribution in [0.15, 0.2) is 0 Å². The third-order valence-electron chi connectivity index (χ3n) is 0. The molecule has 9 heteroatoms. The Bertz CT molecular complexity index is 12.5. The van der Waals surface area contributed by atoms with Crippen molar-refractivity contribution in [2.24, 2.45) is 0 Å². The molecule has 0 aromatic carbocycles. The van der Waals surface area contributed by atoms with Gasteiger partial charge >= 0.3 is 21.7 Å². The molecule has 0 spiro atoms. The van der Waals surface area contributed by atoms with Crippen LogP contribution in [0.25, 0.3) is 0 Å². The summed E-state index contributed by atoms with van der Waals surface area (Å²) >= 11 is 13.6. The van der Waals surface area contributed by atoms with Crippen LogP contribution in [-0.2, 0) is 21.7 Å². The topological polar surface area (TPSA) is 92.2 Å². The summed E-state index contributed by atoms with van der Waals surface area (Å²) in [6, 6.07) is 0. The summed E-state index contributed by atoms with van der Waals surface area (Å²) in [7, 11) is 0. The molecule has 0 aromatic rings. The van der Waals surface area contributed by atoms with Crippen LogP contribution in [0.2, 0.25) is 0 Å². The molecule has 0 atom stereocenters. The average Bonchev–Trinajstić information content (AvgIpc) is 2.03. The van der Waals surface area contributed by atoms with Crippen LogP contribution >= 0.6 is 47.5 Å². The van der Waals surface area contributed by atoms with Crippen LogP contribution in [0.3, 0.4) is 0 Å². The Balaban J connectivity index is -0.00000000762. The minimum absolute atomic E-state index is 0. The van der Waals surface area contributed by atoms with Gasteiger partial charge in [-0.3, -0.25) is 0 Å². The van der Waals surface area contributed by atoms with Gasteiger partial charge in [-0.1, -0.05) is 0 Å². The van der Waals surface area contributed by atoms with Gasteiger partial charge in [0.05, 0.1) is 0 Å². The van der Waals surface area contributed by atoms with E-state index < -0.39 is 0 Å². The van der Waals surface area contributed by atoms with Gasteiger partial charge in [-0.05, 0) is 0 Å². The van der Waals surface area contributed by atoms with E-state index in [1.54, 1.807) is 0 Å². The number of hydrogen-bond donors (Lipinski definition) is 0. The zero-order valence-corrected chi connectivity index (χ0v) is 8.23. The SMILES string of the molecule is [O-]Cl.[O-]Cl.[O-]Cl.[O-]Cl.[Ti+4]. The van der Waals surface area contributed by atoms with Gasteiger partial charge in [0, 0.05) is 0 Å². The third kappa shape index (κ3) is 197. The smallest absolute Gasteiger partial charge is 0.769 e. The molecule has 4 nitrogen and oxygen atoms in total. The zero-order chi connectivity index (χ0) is 8.00. The summed E-state index contributed by atoms with van der Waals surface area (Å²) in [5.41, 5.74) is 0. The van der Waals surface area contributed by atoms with Gasteiger partial charge in [0.25, 0.3) is 0 Å². The molecular weight excluding hydrogens is 254 g/mol. The summed E-state index contributed by atoms with van der Waals surface area (Å²) in [6.45, 7) is 0. The van der Waals surface area contributed by atoms with Crippen LogP contribution in [0.1, 0.15) is 0 Å². The maximum Gasteiger partial charge on any atom is 4.00 e. The number of hydrogen-bond acceptors (Lipinski definition) is 4. The Morgan fingerprint density at radius 3 is 0.444 bits per heavy atom. The first-order chi connectivity index (χ1) is 4.00. The van der Waals surface area contributed by atoms with E-state index in [0.29, 0.717) is 0 Å². The Morgan fingerprint density at radius 2 is 0.444 bits per heavy atom. The first-order valence-corrected chi connectivity index (χ1v) is 1.85. The predicted octanol–water partition coefficient (Wildman–Crippen LogP) is -2.00. The minimum atomic E-state index is 0. The summed E-state index contributed by atoms with van der Waals surface area (Å²) in [5, 5.41) is 0. The molecule has 0 aromatic heterocycles. The predicted molar refractivity (Wildman–Crippen MR) is 23.4 cm³/mol. The van der Waals surface area contributed by atoms with E-state index in [1.165, 1.54) is 0 Å². The van der Waals surface area contributed by atoms with Crippen molar-refractivity contribution in [3.05, 3.63) is 0 Å². The van der Waals surface area contributed by atoms with Crippen molar-refractivity contribution in [2.45, 2.75) is 0 Å². The Hall–Kier alpha value is 1.71. The summed E-state index contributed by atoms with van der Waals surface area (Å²) < 4.78 is 30.9. The summed E-state index contributed by atoms with van der Waals surface area (Å²) in [4.78, 5) is 0. The van der Waals surface area contributed by atoms with E-state index in [4.69, 9.17) is 18.6 Å². The van der Waals surface area contributed by atoms with Crippen molar-refractivity contribution >= 4 is 47.5 Å². The molecule has 0 heterocycles. The van der Waals surface area contributed by atoms with E-state index in [2.05, 4.69) is 47.5 Å². The Morgan fingerprint density at radius 1 is 0.444 bits per heavy atom. The van der Waals surface area contributed by atoms with Crippen LogP contribution in [-0.4, -0.2) is 0 Å². The fourth-order valence-corrected chi connectivity index (χ4v) is 0. The van der Waals surface area contributed by atoms with Gasteiger partial charge in [-0.15, -0.1) is 0 Å². The van der Waals surface area contributed by atoms with Crippen LogP contribution in [0, 0.1) is 0 Å². The molecule has 0 aliphatic heterocycles. The fourth-order valence-electron chi connectivity index (χ4n) is 0. The molecular formula is Cl4O4Ti. The Labute approximate surface area is 87.5 Å². The fraction of sp³-hybridized carbons (Fsp3) is 0. The first kappa shape index (κ1) is 31.0. The summed E-state index contributed by atoms with van der Waals surface area (Å²) in [5.74, 6) is 0. The average molecular weight is 254 g/mol. The summed E-state index contributed by atoms with van der Waals surface area (Å²) in [6.07, 6.45) is 0. The number of halogens is 4. The minimum Gasteiger partial charge on any atom is -0.769 e. The molecule has 0 saturated heterocycles. The molecule has 0 unspecified atom stereocenters. The molecule has 0 N–H and O–H groups in total. The van der Waals surface area contributed by atoms with Crippen LogP contribution in [0.5, 0.6) is 0 Å². The first-order valence-electron chi connectivity index (χ1n) is 0.617. The van der Waals surface area contributed by atoms with Gasteiger partial charge in [-0.25, -0.2) is 47.5 Å². The van der Waals surface area contributed by atoms with E-state index in [1.807, 2.05) is 0 Å². The van der Waals surface area contributed by atoms with Gasteiger partial charge < -0.3 is 18.6 Å². The van der Waals surface area contributed by atoms with Gasteiger partial charge in [0.1, 0.15) is 0 Å². The molecule has 56 valence electrons. The van der Waals surface area contributed by atoms with E-state index in [-0.39, 0.29) is 21.7 Å². The molecule has 9 heavy (non-hydrogen) atoms. The Kier molecular flexibility index (Phi) is 864. The normalized spacial score (nSPS) is 2.67. The molecule has 0 aliphatic carbocycles. The molecule has 0 rings (SSSR count). The maximum absolute atomic E-state index is 7.72. The quantitative estimate of drug-likeness (QED) is 0.467. The van der Waals surface area contributed by atoms with Crippen molar-refractivity contribution in [3.8, 4) is 0 Å². The van der Waals surface area contributed by atoms with Gasteiger partial charge in [-0.2, -0.15) is 0 Å². The second-order valence-corrected chi connectivity index (χ2v) is 0. The standard InChI is InChI=1S/4ClO.Ti/c4*1-2;/q4*-1;+4. The van der Waals surface area contributed by atoms with Gasteiger partial charge in [0.2, 0.25) is 0 Å². The molecule has 0 amide bonds. The monoisotopic (exact) mass is 252 g/mol. The van der Waals surface area contributed by atoms with E-state index in [0.717, 1.165) is 0 Å². The molecule has 0 saturated carbocycles. The van der Waals surface area contributed by atoms with Crippen molar-refractivity contribution in [1.29, 1.82) is 0 Å². The molecule has 0 aliphatic rings. The van der Waals surface area contributed by atoms with Crippen LogP contribution < -0.4 is 18.6 Å². The van der Waals surface area contributed by atoms with Gasteiger partial charge in [0.15, 0.2) is 0 Å². The maximum atomic E-state index is 7.72. The second kappa shape index (κ2) is 251. The number of rotatable bonds is 0. The van der Waals surface area contributed by atoms with E-state index >= 15 is 0 Å². The van der Waals surface area contributed by atoms with E-state index in [9.17, 15) is 0 Å². The van der Waals surface area contributed by atoms with Crippen molar-refractivity contribution < 1.29 is 40.4 Å². The largest absolute Gasteiger partial charge is 4.00 e. The third-order valence-corrected chi connectivity index (χ3v) is 0.